The number of halogens is 1. The average molecular weight is 302 g/mol. The first-order valence-electron chi connectivity index (χ1n) is 5.34. The lowest BCUT2D eigenvalue weighted by Crippen LogP contribution is -2.24. The summed E-state index contributed by atoms with van der Waals surface area (Å²) in [5.41, 5.74) is -0.145. The fourth-order valence-corrected chi connectivity index (χ4v) is 2.74. The molecule has 0 radical (unpaired) electrons. The number of carboxylic acid groups (broad SMARTS) is 1. The van der Waals surface area contributed by atoms with Crippen LogP contribution in [-0.2, 0) is 10.0 Å². The SMILES string of the molecule is C#CCCCNS(=O)(=O)c1ccc(C(=O)O)c(Cl)c1. The zero-order chi connectivity index (χ0) is 14.5. The Morgan fingerprint density at radius 2 is 2.16 bits per heavy atom. The van der Waals surface area contributed by atoms with Gasteiger partial charge in [-0.2, -0.15) is 0 Å². The normalized spacial score (nSPS) is 10.9. The highest BCUT2D eigenvalue weighted by atomic mass is 35.5. The Hall–Kier alpha value is -1.55. The Kier molecular flexibility index (Phi) is 5.36. The molecule has 0 saturated carbocycles. The number of aromatic carboxylic acids is 1. The Labute approximate surface area is 116 Å². The first-order valence-corrected chi connectivity index (χ1v) is 7.20. The van der Waals surface area contributed by atoms with Gasteiger partial charge in [-0.05, 0) is 24.6 Å². The third-order valence-corrected chi connectivity index (χ3v) is 4.04. The summed E-state index contributed by atoms with van der Waals surface area (Å²) in [7, 11) is -3.70. The van der Waals surface area contributed by atoms with E-state index < -0.39 is 16.0 Å². The molecule has 102 valence electrons. The topological polar surface area (TPSA) is 83.5 Å². The summed E-state index contributed by atoms with van der Waals surface area (Å²) in [6.45, 7) is 0.213. The summed E-state index contributed by atoms with van der Waals surface area (Å²) in [4.78, 5) is 10.7. The second-order valence-electron chi connectivity index (χ2n) is 3.65. The molecule has 0 aliphatic carbocycles. The summed E-state index contributed by atoms with van der Waals surface area (Å²) < 4.78 is 26.1. The molecule has 0 atom stereocenters. The number of benzene rings is 1. The molecule has 0 spiro atoms. The van der Waals surface area contributed by atoms with Crippen LogP contribution >= 0.6 is 11.6 Å². The van der Waals surface area contributed by atoms with E-state index in [1.54, 1.807) is 0 Å². The van der Waals surface area contributed by atoms with E-state index in [2.05, 4.69) is 10.6 Å². The zero-order valence-electron chi connectivity index (χ0n) is 9.89. The van der Waals surface area contributed by atoms with Crippen LogP contribution in [0.5, 0.6) is 0 Å². The van der Waals surface area contributed by atoms with Crippen molar-refractivity contribution in [2.75, 3.05) is 6.54 Å². The van der Waals surface area contributed by atoms with Gasteiger partial charge in [-0.25, -0.2) is 17.9 Å². The lowest BCUT2D eigenvalue weighted by atomic mass is 10.2. The van der Waals surface area contributed by atoms with E-state index in [1.165, 1.54) is 6.07 Å². The van der Waals surface area contributed by atoms with Crippen molar-refractivity contribution in [3.8, 4) is 12.3 Å². The van der Waals surface area contributed by atoms with Crippen LogP contribution in [0.4, 0.5) is 0 Å². The van der Waals surface area contributed by atoms with E-state index in [0.29, 0.717) is 12.8 Å². The van der Waals surface area contributed by atoms with Crippen LogP contribution < -0.4 is 4.72 Å². The van der Waals surface area contributed by atoms with Gasteiger partial charge in [-0.3, -0.25) is 0 Å². The van der Waals surface area contributed by atoms with Gasteiger partial charge in [0.25, 0.3) is 0 Å². The molecule has 1 rings (SSSR count). The van der Waals surface area contributed by atoms with Crippen molar-refractivity contribution in [2.45, 2.75) is 17.7 Å². The highest BCUT2D eigenvalue weighted by Crippen LogP contribution is 2.20. The predicted octanol–water partition coefficient (Wildman–Crippen LogP) is 1.73. The van der Waals surface area contributed by atoms with E-state index in [9.17, 15) is 13.2 Å². The number of carboxylic acids is 1. The minimum Gasteiger partial charge on any atom is -0.478 e. The number of nitrogens with one attached hydrogen (secondary N) is 1. The minimum atomic E-state index is -3.70. The van der Waals surface area contributed by atoms with Crippen LogP contribution in [0.3, 0.4) is 0 Å². The summed E-state index contributed by atoms with van der Waals surface area (Å²) >= 11 is 5.71. The molecule has 7 heteroatoms. The summed E-state index contributed by atoms with van der Waals surface area (Å²) in [5.74, 6) is 1.19. The predicted molar refractivity (Wildman–Crippen MR) is 71.7 cm³/mol. The van der Waals surface area contributed by atoms with Gasteiger partial charge in [-0.1, -0.05) is 11.6 Å². The van der Waals surface area contributed by atoms with Crippen LogP contribution in [0.25, 0.3) is 0 Å². The highest BCUT2D eigenvalue weighted by Gasteiger charge is 2.17. The number of terminal acetylenes is 1. The van der Waals surface area contributed by atoms with E-state index in [4.69, 9.17) is 23.1 Å². The van der Waals surface area contributed by atoms with Crippen molar-refractivity contribution in [3.63, 3.8) is 0 Å². The van der Waals surface area contributed by atoms with Gasteiger partial charge in [0.15, 0.2) is 0 Å². The molecule has 0 aliphatic rings. The molecule has 0 amide bonds. The third kappa shape index (κ3) is 4.24. The van der Waals surface area contributed by atoms with E-state index in [0.717, 1.165) is 12.1 Å². The lowest BCUT2D eigenvalue weighted by molar-refractivity contribution is 0.0697. The molecule has 5 nitrogen and oxygen atoms in total. The molecule has 0 aliphatic heterocycles. The molecule has 0 saturated heterocycles. The van der Waals surface area contributed by atoms with Gasteiger partial charge in [0, 0.05) is 13.0 Å². The average Bonchev–Trinajstić information content (AvgIpc) is 2.34. The number of unbranched alkanes of at least 4 members (excludes halogenated alkanes) is 1. The Balaban J connectivity index is 2.88. The van der Waals surface area contributed by atoms with Crippen LogP contribution in [0.1, 0.15) is 23.2 Å². The zero-order valence-corrected chi connectivity index (χ0v) is 11.5. The quantitative estimate of drug-likeness (QED) is 0.619. The van der Waals surface area contributed by atoms with Crippen molar-refractivity contribution < 1.29 is 18.3 Å². The summed E-state index contributed by atoms with van der Waals surface area (Å²) in [6.07, 6.45) is 6.05. The van der Waals surface area contributed by atoms with Crippen LogP contribution in [-0.4, -0.2) is 26.0 Å². The highest BCUT2D eigenvalue weighted by molar-refractivity contribution is 7.89. The maximum absolute atomic E-state index is 11.9. The first kappa shape index (κ1) is 15.5. The molecule has 1 aromatic carbocycles. The fourth-order valence-electron chi connectivity index (χ4n) is 1.32. The van der Waals surface area contributed by atoms with Crippen LogP contribution in [0.15, 0.2) is 23.1 Å². The molecule has 0 aromatic heterocycles. The number of hydrogen-bond donors (Lipinski definition) is 2. The Morgan fingerprint density at radius 3 is 2.68 bits per heavy atom. The monoisotopic (exact) mass is 301 g/mol. The molecule has 2 N–H and O–H groups in total. The summed E-state index contributed by atoms with van der Waals surface area (Å²) in [5, 5.41) is 8.67. The summed E-state index contributed by atoms with van der Waals surface area (Å²) in [6, 6.07) is 3.45. The van der Waals surface area contributed by atoms with Crippen molar-refractivity contribution in [1.29, 1.82) is 0 Å². The second kappa shape index (κ2) is 6.57. The molecule has 0 heterocycles. The lowest BCUT2D eigenvalue weighted by Gasteiger charge is -2.07. The standard InChI is InChI=1S/C12H12ClNO4S/c1-2-3-4-7-14-19(17,18)9-5-6-10(12(15)16)11(13)8-9/h1,5-6,8,14H,3-4,7H2,(H,15,16). The van der Waals surface area contributed by atoms with Crippen LogP contribution in [0, 0.1) is 12.3 Å². The molecule has 19 heavy (non-hydrogen) atoms. The maximum Gasteiger partial charge on any atom is 0.337 e. The first-order chi connectivity index (χ1) is 8.88. The molecule has 1 aromatic rings. The Bertz CT molecular complexity index is 619. The van der Waals surface area contributed by atoms with E-state index in [1.807, 2.05) is 0 Å². The molecular formula is C12H12ClNO4S. The fraction of sp³-hybridized carbons (Fsp3) is 0.250. The van der Waals surface area contributed by atoms with E-state index in [-0.39, 0.29) is 22.0 Å². The van der Waals surface area contributed by atoms with E-state index >= 15 is 0 Å². The number of hydrogen-bond acceptors (Lipinski definition) is 3. The van der Waals surface area contributed by atoms with Gasteiger partial charge < -0.3 is 5.11 Å². The second-order valence-corrected chi connectivity index (χ2v) is 5.83. The molecule has 0 bridgehead atoms. The maximum atomic E-state index is 11.9. The molecular weight excluding hydrogens is 290 g/mol. The number of carbonyl (C=O) groups is 1. The smallest absolute Gasteiger partial charge is 0.337 e. The number of rotatable bonds is 6. The minimum absolute atomic E-state index is 0.0804. The van der Waals surface area contributed by atoms with Gasteiger partial charge in [0.2, 0.25) is 10.0 Å². The van der Waals surface area contributed by atoms with Gasteiger partial charge in [-0.15, -0.1) is 12.3 Å². The molecule has 0 fully saturated rings. The van der Waals surface area contributed by atoms with Crippen molar-refractivity contribution in [1.82, 2.24) is 4.72 Å². The largest absolute Gasteiger partial charge is 0.478 e. The van der Waals surface area contributed by atoms with Crippen molar-refractivity contribution in [2.24, 2.45) is 0 Å². The molecule has 0 unspecified atom stereocenters. The van der Waals surface area contributed by atoms with Crippen molar-refractivity contribution in [3.05, 3.63) is 28.8 Å². The number of sulfonamides is 1. The van der Waals surface area contributed by atoms with Crippen LogP contribution in [0.2, 0.25) is 5.02 Å². The van der Waals surface area contributed by atoms with Gasteiger partial charge in [0.1, 0.15) is 0 Å². The van der Waals surface area contributed by atoms with Gasteiger partial charge in [0.05, 0.1) is 15.5 Å². The third-order valence-electron chi connectivity index (χ3n) is 2.27. The van der Waals surface area contributed by atoms with Gasteiger partial charge >= 0.3 is 5.97 Å². The van der Waals surface area contributed by atoms with Crippen molar-refractivity contribution >= 4 is 27.6 Å². The Morgan fingerprint density at radius 1 is 1.47 bits per heavy atom.